The third-order valence-electron chi connectivity index (χ3n) is 5.42. The van der Waals surface area contributed by atoms with Gasteiger partial charge < -0.3 is 15.0 Å². The van der Waals surface area contributed by atoms with Crippen LogP contribution in [-0.2, 0) is 11.3 Å². The molecule has 1 heterocycles. The molecule has 0 radical (unpaired) electrons. The van der Waals surface area contributed by atoms with Gasteiger partial charge in [-0.15, -0.1) is 0 Å². The molecule has 3 unspecified atom stereocenters. The summed E-state index contributed by atoms with van der Waals surface area (Å²) in [5.74, 6) is 1.83. The number of hydrogen-bond acceptors (Lipinski definition) is 3. The zero-order valence-electron chi connectivity index (χ0n) is 14.5. The van der Waals surface area contributed by atoms with Gasteiger partial charge in [-0.3, -0.25) is 4.79 Å². The molecular formula is C19H28N2O2. The molecule has 1 saturated carbocycles. The third-order valence-corrected chi connectivity index (χ3v) is 5.42. The van der Waals surface area contributed by atoms with Crippen molar-refractivity contribution < 1.29 is 9.53 Å². The summed E-state index contributed by atoms with van der Waals surface area (Å²) in [4.78, 5) is 14.6. The summed E-state index contributed by atoms with van der Waals surface area (Å²) < 4.78 is 5.30. The fourth-order valence-corrected chi connectivity index (χ4v) is 4.17. The first-order valence-corrected chi connectivity index (χ1v) is 8.73. The van der Waals surface area contributed by atoms with Gasteiger partial charge in [0.2, 0.25) is 5.91 Å². The predicted octanol–water partition coefficient (Wildman–Crippen LogP) is 2.88. The van der Waals surface area contributed by atoms with Crippen molar-refractivity contribution in [2.24, 2.45) is 5.92 Å². The molecule has 3 rings (SSSR count). The molecule has 4 heteroatoms. The lowest BCUT2D eigenvalue weighted by Crippen LogP contribution is -2.43. The van der Waals surface area contributed by atoms with Gasteiger partial charge in [-0.05, 0) is 49.3 Å². The van der Waals surface area contributed by atoms with Crippen LogP contribution in [-0.4, -0.2) is 37.0 Å². The van der Waals surface area contributed by atoms with Gasteiger partial charge in [-0.1, -0.05) is 25.0 Å². The standard InChI is InChI=1S/C19H28N2O2/c1-13-10-14(8-9-18(13)23-3)12-21(2)19(22)17-11-15-6-4-5-7-16(15)20-17/h8-10,15-17,20H,4-7,11-12H2,1-3H3. The number of ether oxygens (including phenoxy) is 1. The SMILES string of the molecule is COc1ccc(CN(C)C(=O)C2CC3CCCCC3N2)cc1C. The second-order valence-electron chi connectivity index (χ2n) is 7.10. The van der Waals surface area contributed by atoms with Crippen LogP contribution in [0.5, 0.6) is 5.75 Å². The molecule has 1 aromatic carbocycles. The van der Waals surface area contributed by atoms with Crippen molar-refractivity contribution in [3.8, 4) is 5.75 Å². The Morgan fingerprint density at radius 2 is 2.13 bits per heavy atom. The molecule has 2 aliphatic rings. The van der Waals surface area contributed by atoms with E-state index in [4.69, 9.17) is 4.74 Å². The average molecular weight is 316 g/mol. The quantitative estimate of drug-likeness (QED) is 0.929. The topological polar surface area (TPSA) is 41.6 Å². The highest BCUT2D eigenvalue weighted by molar-refractivity contribution is 5.82. The van der Waals surface area contributed by atoms with Crippen molar-refractivity contribution in [3.63, 3.8) is 0 Å². The number of benzene rings is 1. The van der Waals surface area contributed by atoms with Gasteiger partial charge in [0, 0.05) is 19.6 Å². The summed E-state index contributed by atoms with van der Waals surface area (Å²) in [6.45, 7) is 2.69. The number of carbonyl (C=O) groups excluding carboxylic acids is 1. The van der Waals surface area contributed by atoms with E-state index >= 15 is 0 Å². The van der Waals surface area contributed by atoms with Crippen LogP contribution < -0.4 is 10.1 Å². The summed E-state index contributed by atoms with van der Waals surface area (Å²) in [6, 6.07) is 6.69. The highest BCUT2D eigenvalue weighted by atomic mass is 16.5. The molecule has 0 spiro atoms. The van der Waals surface area contributed by atoms with Crippen LogP contribution in [0.15, 0.2) is 18.2 Å². The first-order chi connectivity index (χ1) is 11.1. The zero-order valence-corrected chi connectivity index (χ0v) is 14.5. The Morgan fingerprint density at radius 1 is 1.35 bits per heavy atom. The number of rotatable bonds is 4. The van der Waals surface area contributed by atoms with Crippen molar-refractivity contribution in [2.75, 3.05) is 14.2 Å². The van der Waals surface area contributed by atoms with E-state index in [2.05, 4.69) is 11.4 Å². The molecule has 1 aromatic rings. The Balaban J connectivity index is 1.60. The molecule has 2 fully saturated rings. The van der Waals surface area contributed by atoms with Gasteiger partial charge in [-0.25, -0.2) is 0 Å². The van der Waals surface area contributed by atoms with Gasteiger partial charge in [0.15, 0.2) is 0 Å². The summed E-state index contributed by atoms with van der Waals surface area (Å²) in [6.07, 6.45) is 6.15. The highest BCUT2D eigenvalue weighted by Crippen LogP contribution is 2.33. The molecule has 1 saturated heterocycles. The molecule has 1 amide bonds. The largest absolute Gasteiger partial charge is 0.496 e. The Bertz CT molecular complexity index is 558. The molecule has 3 atom stereocenters. The number of methoxy groups -OCH3 is 1. The lowest BCUT2D eigenvalue weighted by molar-refractivity contribution is -0.132. The number of carbonyl (C=O) groups is 1. The monoisotopic (exact) mass is 316 g/mol. The maximum Gasteiger partial charge on any atom is 0.239 e. The fourth-order valence-electron chi connectivity index (χ4n) is 4.17. The average Bonchev–Trinajstić information content (AvgIpc) is 2.98. The van der Waals surface area contributed by atoms with E-state index in [9.17, 15) is 4.79 Å². The van der Waals surface area contributed by atoms with Crippen molar-refractivity contribution in [1.29, 1.82) is 0 Å². The van der Waals surface area contributed by atoms with Crippen molar-refractivity contribution >= 4 is 5.91 Å². The number of amides is 1. The molecule has 0 aromatic heterocycles. The molecule has 126 valence electrons. The van der Waals surface area contributed by atoms with Gasteiger partial charge in [-0.2, -0.15) is 0 Å². The van der Waals surface area contributed by atoms with Gasteiger partial charge in [0.25, 0.3) is 0 Å². The molecule has 23 heavy (non-hydrogen) atoms. The number of nitrogens with zero attached hydrogens (tertiary/aromatic N) is 1. The van der Waals surface area contributed by atoms with E-state index in [1.54, 1.807) is 7.11 Å². The second-order valence-corrected chi connectivity index (χ2v) is 7.10. The fraction of sp³-hybridized carbons (Fsp3) is 0.632. The Kier molecular flexibility index (Phi) is 4.90. The molecule has 1 aliphatic heterocycles. The molecule has 4 nitrogen and oxygen atoms in total. The van der Waals surface area contributed by atoms with Gasteiger partial charge in [0.1, 0.15) is 5.75 Å². The third kappa shape index (κ3) is 3.52. The van der Waals surface area contributed by atoms with Gasteiger partial charge >= 0.3 is 0 Å². The summed E-state index contributed by atoms with van der Waals surface area (Å²) >= 11 is 0. The summed E-state index contributed by atoms with van der Waals surface area (Å²) in [5, 5.41) is 3.58. The van der Waals surface area contributed by atoms with Crippen molar-refractivity contribution in [3.05, 3.63) is 29.3 Å². The lowest BCUT2D eigenvalue weighted by Gasteiger charge is -2.24. The Morgan fingerprint density at radius 3 is 2.83 bits per heavy atom. The molecule has 0 bridgehead atoms. The van der Waals surface area contributed by atoms with Crippen molar-refractivity contribution in [1.82, 2.24) is 10.2 Å². The summed E-state index contributed by atoms with van der Waals surface area (Å²) in [5.41, 5.74) is 2.26. The van der Waals surface area contributed by atoms with Crippen LogP contribution in [0.2, 0.25) is 0 Å². The van der Waals surface area contributed by atoms with Crippen LogP contribution >= 0.6 is 0 Å². The molecular weight excluding hydrogens is 288 g/mol. The summed E-state index contributed by atoms with van der Waals surface area (Å²) in [7, 11) is 3.59. The van der Waals surface area contributed by atoms with Crippen LogP contribution in [0.1, 0.15) is 43.2 Å². The minimum atomic E-state index is 0.00689. The van der Waals surface area contributed by atoms with Gasteiger partial charge in [0.05, 0.1) is 13.2 Å². The van der Waals surface area contributed by atoms with E-state index in [0.29, 0.717) is 18.5 Å². The maximum atomic E-state index is 12.7. The predicted molar refractivity (Wildman–Crippen MR) is 91.5 cm³/mol. The first-order valence-electron chi connectivity index (χ1n) is 8.73. The Hall–Kier alpha value is -1.55. The number of aryl methyl sites for hydroxylation is 1. The smallest absolute Gasteiger partial charge is 0.239 e. The maximum absolute atomic E-state index is 12.7. The molecule has 1 N–H and O–H groups in total. The first kappa shape index (κ1) is 16.3. The normalized spacial score (nSPS) is 26.7. The van der Waals surface area contributed by atoms with E-state index in [1.165, 1.54) is 25.7 Å². The van der Waals surface area contributed by atoms with Crippen LogP contribution in [0.3, 0.4) is 0 Å². The lowest BCUT2D eigenvalue weighted by atomic mass is 9.85. The minimum absolute atomic E-state index is 0.00689. The van der Waals surface area contributed by atoms with Crippen LogP contribution in [0.4, 0.5) is 0 Å². The zero-order chi connectivity index (χ0) is 16.4. The van der Waals surface area contributed by atoms with E-state index in [0.717, 1.165) is 23.3 Å². The highest BCUT2D eigenvalue weighted by Gasteiger charge is 2.39. The number of hydrogen-bond donors (Lipinski definition) is 1. The number of nitrogens with one attached hydrogen (secondary N) is 1. The number of fused-ring (bicyclic) bond motifs is 1. The number of likely N-dealkylation sites (N-methyl/N-ethyl adjacent to an activating group) is 1. The van der Waals surface area contributed by atoms with E-state index < -0.39 is 0 Å². The van der Waals surface area contributed by atoms with E-state index in [-0.39, 0.29) is 11.9 Å². The van der Waals surface area contributed by atoms with Crippen molar-refractivity contribution in [2.45, 2.75) is 57.7 Å². The van der Waals surface area contributed by atoms with Crippen LogP contribution in [0.25, 0.3) is 0 Å². The van der Waals surface area contributed by atoms with Crippen LogP contribution in [0, 0.1) is 12.8 Å². The van der Waals surface area contributed by atoms with E-state index in [1.807, 2.05) is 31.0 Å². The minimum Gasteiger partial charge on any atom is -0.496 e. The Labute approximate surface area is 139 Å². The second kappa shape index (κ2) is 6.91. The molecule has 1 aliphatic carbocycles.